The van der Waals surface area contributed by atoms with Crippen molar-refractivity contribution in [2.24, 2.45) is 4.99 Å². The number of thiazole rings is 1. The number of fused-ring (bicyclic) bond motifs is 2. The molecule has 1 aliphatic heterocycles. The molecule has 43 heavy (non-hydrogen) atoms. The van der Waals surface area contributed by atoms with Crippen molar-refractivity contribution in [2.75, 3.05) is 27.3 Å². The zero-order valence-electron chi connectivity index (χ0n) is 25.6. The third kappa shape index (κ3) is 5.57. The van der Waals surface area contributed by atoms with Gasteiger partial charge in [0, 0.05) is 24.0 Å². The Kier molecular flexibility index (Phi) is 8.73. The SMILES string of the molecule is CCN(CC)C(=O)C1=C(C)N=c2s/c(=C/c3ccc(OC(C)C)c4ccccc34)c(=O)n2[C@H]1c1cc(OC)ccc1OC. The number of aromatic nitrogens is 1. The van der Waals surface area contributed by atoms with E-state index >= 15 is 0 Å². The zero-order chi connectivity index (χ0) is 30.8. The summed E-state index contributed by atoms with van der Waals surface area (Å²) in [5.74, 6) is 1.77. The Balaban J connectivity index is 1.77. The van der Waals surface area contributed by atoms with Crippen LogP contribution >= 0.6 is 11.3 Å². The van der Waals surface area contributed by atoms with Gasteiger partial charge in [-0.05, 0) is 75.9 Å². The highest BCUT2D eigenvalue weighted by Gasteiger charge is 2.36. The maximum atomic E-state index is 14.3. The first-order chi connectivity index (χ1) is 20.7. The molecule has 0 unspecified atom stereocenters. The molecule has 0 aliphatic carbocycles. The summed E-state index contributed by atoms with van der Waals surface area (Å²) in [6.07, 6.45) is 1.93. The van der Waals surface area contributed by atoms with E-state index in [0.29, 0.717) is 50.8 Å². The Bertz CT molecular complexity index is 1900. The Hall–Kier alpha value is -4.37. The highest BCUT2D eigenvalue weighted by molar-refractivity contribution is 7.07. The van der Waals surface area contributed by atoms with Gasteiger partial charge in [-0.25, -0.2) is 4.99 Å². The van der Waals surface area contributed by atoms with Crippen LogP contribution in [0.1, 0.15) is 51.8 Å². The molecule has 0 spiro atoms. The first-order valence-corrected chi connectivity index (χ1v) is 15.3. The molecule has 1 aliphatic rings. The van der Waals surface area contributed by atoms with Crippen LogP contribution in [0.2, 0.25) is 0 Å². The molecule has 0 bridgehead atoms. The number of amides is 1. The number of methoxy groups -OCH3 is 2. The monoisotopic (exact) mass is 599 g/mol. The van der Waals surface area contributed by atoms with Crippen LogP contribution in [-0.4, -0.2) is 48.8 Å². The van der Waals surface area contributed by atoms with E-state index < -0.39 is 6.04 Å². The van der Waals surface area contributed by atoms with Crippen molar-refractivity contribution < 1.29 is 19.0 Å². The molecule has 8 nitrogen and oxygen atoms in total. The molecule has 9 heteroatoms. The summed E-state index contributed by atoms with van der Waals surface area (Å²) in [5.41, 5.74) is 2.32. The molecule has 0 radical (unpaired) electrons. The summed E-state index contributed by atoms with van der Waals surface area (Å²) in [7, 11) is 3.16. The summed E-state index contributed by atoms with van der Waals surface area (Å²) < 4.78 is 19.5. The fourth-order valence-electron chi connectivity index (χ4n) is 5.54. The van der Waals surface area contributed by atoms with Gasteiger partial charge in [0.25, 0.3) is 11.5 Å². The number of hydrogen-bond donors (Lipinski definition) is 0. The van der Waals surface area contributed by atoms with Gasteiger partial charge in [-0.15, -0.1) is 0 Å². The summed E-state index contributed by atoms with van der Waals surface area (Å²) >= 11 is 1.31. The van der Waals surface area contributed by atoms with E-state index in [0.717, 1.165) is 22.1 Å². The zero-order valence-corrected chi connectivity index (χ0v) is 26.5. The number of carbonyl (C=O) groups excluding carboxylic acids is 1. The summed E-state index contributed by atoms with van der Waals surface area (Å²) in [5, 5.41) is 1.95. The van der Waals surface area contributed by atoms with Crippen LogP contribution in [0, 0.1) is 0 Å². The van der Waals surface area contributed by atoms with E-state index in [-0.39, 0.29) is 17.6 Å². The molecule has 3 aromatic carbocycles. The van der Waals surface area contributed by atoms with Gasteiger partial charge in [-0.1, -0.05) is 41.7 Å². The Morgan fingerprint density at radius 1 is 1.02 bits per heavy atom. The maximum Gasteiger partial charge on any atom is 0.271 e. The van der Waals surface area contributed by atoms with E-state index in [1.165, 1.54) is 11.3 Å². The molecule has 224 valence electrons. The Morgan fingerprint density at radius 2 is 1.72 bits per heavy atom. The van der Waals surface area contributed by atoms with Crippen LogP contribution in [0.15, 0.2) is 75.7 Å². The van der Waals surface area contributed by atoms with Gasteiger partial charge >= 0.3 is 0 Å². The van der Waals surface area contributed by atoms with Crippen molar-refractivity contribution in [3.63, 3.8) is 0 Å². The van der Waals surface area contributed by atoms with Gasteiger partial charge in [-0.3, -0.25) is 14.2 Å². The predicted octanol–water partition coefficient (Wildman–Crippen LogP) is 5.06. The number of rotatable bonds is 9. The number of nitrogens with zero attached hydrogens (tertiary/aromatic N) is 3. The van der Waals surface area contributed by atoms with E-state index in [1.54, 1.807) is 35.8 Å². The third-order valence-electron chi connectivity index (χ3n) is 7.60. The minimum atomic E-state index is -0.755. The fourth-order valence-corrected chi connectivity index (χ4v) is 6.58. The lowest BCUT2D eigenvalue weighted by Crippen LogP contribution is -2.43. The highest BCUT2D eigenvalue weighted by Crippen LogP contribution is 2.38. The van der Waals surface area contributed by atoms with Crippen LogP contribution < -0.4 is 29.1 Å². The minimum Gasteiger partial charge on any atom is -0.497 e. The number of benzene rings is 3. The maximum absolute atomic E-state index is 14.3. The van der Waals surface area contributed by atoms with E-state index in [2.05, 4.69) is 0 Å². The lowest BCUT2D eigenvalue weighted by molar-refractivity contribution is -0.127. The summed E-state index contributed by atoms with van der Waals surface area (Å²) in [6, 6.07) is 16.6. The van der Waals surface area contributed by atoms with Gasteiger partial charge in [-0.2, -0.15) is 0 Å². The van der Waals surface area contributed by atoms with Crippen molar-refractivity contribution >= 4 is 34.1 Å². The number of likely N-dealkylation sites (N-methyl/N-ethyl adjacent to an activating group) is 1. The smallest absolute Gasteiger partial charge is 0.271 e. The normalized spacial score (nSPS) is 15.0. The second kappa shape index (κ2) is 12.5. The number of hydrogen-bond acceptors (Lipinski definition) is 7. The van der Waals surface area contributed by atoms with Gasteiger partial charge < -0.3 is 19.1 Å². The van der Waals surface area contributed by atoms with Crippen molar-refractivity contribution in [3.8, 4) is 17.2 Å². The molecule has 4 aromatic rings. The number of carbonyl (C=O) groups is 1. The molecule has 0 fully saturated rings. The first-order valence-electron chi connectivity index (χ1n) is 14.4. The van der Waals surface area contributed by atoms with Crippen LogP contribution in [0.5, 0.6) is 17.2 Å². The molecular formula is C34H37N3O5S. The number of ether oxygens (including phenoxy) is 3. The molecule has 1 amide bonds. The molecule has 5 rings (SSSR count). The lowest BCUT2D eigenvalue weighted by atomic mass is 9.93. The third-order valence-corrected chi connectivity index (χ3v) is 8.58. The average molecular weight is 600 g/mol. The van der Waals surface area contributed by atoms with Gasteiger partial charge in [0.1, 0.15) is 23.3 Å². The molecular weight excluding hydrogens is 562 g/mol. The van der Waals surface area contributed by atoms with Crippen LogP contribution in [-0.2, 0) is 4.79 Å². The van der Waals surface area contributed by atoms with Crippen LogP contribution in [0.25, 0.3) is 16.8 Å². The predicted molar refractivity (Wildman–Crippen MR) is 171 cm³/mol. The van der Waals surface area contributed by atoms with Crippen molar-refractivity contribution in [1.82, 2.24) is 9.47 Å². The fraction of sp³-hybridized carbons (Fsp3) is 0.324. The van der Waals surface area contributed by atoms with Crippen molar-refractivity contribution in [3.05, 3.63) is 96.7 Å². The minimum absolute atomic E-state index is 0.0306. The quantitative estimate of drug-likeness (QED) is 0.269. The molecule has 0 saturated heterocycles. The van der Waals surface area contributed by atoms with Gasteiger partial charge in [0.15, 0.2) is 4.80 Å². The van der Waals surface area contributed by atoms with Crippen LogP contribution in [0.4, 0.5) is 0 Å². The second-order valence-corrected chi connectivity index (χ2v) is 11.5. The average Bonchev–Trinajstić information content (AvgIpc) is 3.31. The van der Waals surface area contributed by atoms with E-state index in [9.17, 15) is 9.59 Å². The summed E-state index contributed by atoms with van der Waals surface area (Å²) in [6.45, 7) is 10.8. The molecule has 1 atom stereocenters. The van der Waals surface area contributed by atoms with Gasteiger partial charge in [0.05, 0.1) is 36.1 Å². The first kappa shape index (κ1) is 30.1. The van der Waals surface area contributed by atoms with Crippen molar-refractivity contribution in [1.29, 1.82) is 0 Å². The Morgan fingerprint density at radius 3 is 2.37 bits per heavy atom. The lowest BCUT2D eigenvalue weighted by Gasteiger charge is -2.30. The molecule has 1 aromatic heterocycles. The highest BCUT2D eigenvalue weighted by atomic mass is 32.1. The largest absolute Gasteiger partial charge is 0.497 e. The standard InChI is InChI=1S/C34H37N3O5S/c1-8-36(9-2)33(39)30-21(5)35-34-37(31(30)26-19-23(40-6)15-17-27(26)41-7)32(38)29(43-34)18-22-14-16-28(42-20(3)4)25-13-11-10-12-24(22)25/h10-20,31H,8-9H2,1-7H3/b29-18+/t31-/m0/s1. The summed E-state index contributed by atoms with van der Waals surface area (Å²) in [4.78, 5) is 35.4. The molecule has 2 heterocycles. The molecule has 0 N–H and O–H groups in total. The second-order valence-electron chi connectivity index (χ2n) is 10.5. The van der Waals surface area contributed by atoms with E-state index in [1.807, 2.05) is 83.2 Å². The number of allylic oxidation sites excluding steroid dienone is 1. The molecule has 0 saturated carbocycles. The van der Waals surface area contributed by atoms with Gasteiger partial charge in [0.2, 0.25) is 0 Å². The van der Waals surface area contributed by atoms with Crippen LogP contribution in [0.3, 0.4) is 0 Å². The van der Waals surface area contributed by atoms with E-state index in [4.69, 9.17) is 19.2 Å². The topological polar surface area (TPSA) is 82.4 Å². The Labute approximate surface area is 255 Å². The van der Waals surface area contributed by atoms with Crippen molar-refractivity contribution in [2.45, 2.75) is 46.8 Å².